The SMILES string of the molecule is Cc1cc(Br)cc(C)c1NC(=O)c1cnn2ccncc12. The second kappa shape index (κ2) is 5.29. The Kier molecular flexibility index (Phi) is 3.47. The van der Waals surface area contributed by atoms with E-state index < -0.39 is 0 Å². The Morgan fingerprint density at radius 3 is 2.67 bits per heavy atom. The highest BCUT2D eigenvalue weighted by Gasteiger charge is 2.15. The smallest absolute Gasteiger partial charge is 0.259 e. The third kappa shape index (κ3) is 2.54. The van der Waals surface area contributed by atoms with Crippen LogP contribution < -0.4 is 5.32 Å². The Morgan fingerprint density at radius 1 is 1.24 bits per heavy atom. The van der Waals surface area contributed by atoms with E-state index in [1.807, 2.05) is 26.0 Å². The van der Waals surface area contributed by atoms with Crippen LogP contribution >= 0.6 is 15.9 Å². The number of halogens is 1. The van der Waals surface area contributed by atoms with Crippen molar-refractivity contribution >= 4 is 33.0 Å². The Labute approximate surface area is 130 Å². The Hall–Kier alpha value is -2.21. The largest absolute Gasteiger partial charge is 0.321 e. The van der Waals surface area contributed by atoms with Gasteiger partial charge in [0.1, 0.15) is 0 Å². The van der Waals surface area contributed by atoms with Crippen LogP contribution in [-0.2, 0) is 0 Å². The van der Waals surface area contributed by atoms with Crippen molar-refractivity contribution in [2.75, 3.05) is 5.32 Å². The first-order valence-electron chi connectivity index (χ1n) is 6.41. The highest BCUT2D eigenvalue weighted by molar-refractivity contribution is 9.10. The second-order valence-corrected chi connectivity index (χ2v) is 5.75. The molecular formula is C15H13BrN4O. The lowest BCUT2D eigenvalue weighted by atomic mass is 10.1. The molecule has 0 bridgehead atoms. The molecule has 0 atom stereocenters. The van der Waals surface area contributed by atoms with Crippen molar-refractivity contribution in [1.82, 2.24) is 14.6 Å². The van der Waals surface area contributed by atoms with Crippen molar-refractivity contribution in [2.45, 2.75) is 13.8 Å². The van der Waals surface area contributed by atoms with Crippen molar-refractivity contribution in [3.63, 3.8) is 0 Å². The molecule has 21 heavy (non-hydrogen) atoms. The molecule has 1 aromatic carbocycles. The van der Waals surface area contributed by atoms with Crippen LogP contribution in [0, 0.1) is 13.8 Å². The summed E-state index contributed by atoms with van der Waals surface area (Å²) in [5.74, 6) is -0.188. The Balaban J connectivity index is 1.97. The highest BCUT2D eigenvalue weighted by Crippen LogP contribution is 2.26. The van der Waals surface area contributed by atoms with Crippen LogP contribution in [0.2, 0.25) is 0 Å². The van der Waals surface area contributed by atoms with Crippen molar-refractivity contribution in [1.29, 1.82) is 0 Å². The zero-order chi connectivity index (χ0) is 15.0. The number of rotatable bonds is 2. The van der Waals surface area contributed by atoms with E-state index in [1.165, 1.54) is 0 Å². The van der Waals surface area contributed by atoms with Gasteiger partial charge in [-0.2, -0.15) is 5.10 Å². The van der Waals surface area contributed by atoms with Crippen LogP contribution in [0.3, 0.4) is 0 Å². The van der Waals surface area contributed by atoms with Crippen LogP contribution in [0.4, 0.5) is 5.69 Å². The molecule has 3 aromatic rings. The van der Waals surface area contributed by atoms with Gasteiger partial charge in [0.2, 0.25) is 0 Å². The van der Waals surface area contributed by atoms with E-state index in [4.69, 9.17) is 0 Å². The van der Waals surface area contributed by atoms with Crippen LogP contribution in [0.1, 0.15) is 21.5 Å². The lowest BCUT2D eigenvalue weighted by Crippen LogP contribution is -2.13. The van der Waals surface area contributed by atoms with Crippen LogP contribution in [0.5, 0.6) is 0 Å². The first kappa shape index (κ1) is 13.8. The molecular weight excluding hydrogens is 332 g/mol. The van der Waals surface area contributed by atoms with Gasteiger partial charge in [-0.05, 0) is 37.1 Å². The number of aryl methyl sites for hydroxylation is 2. The average Bonchev–Trinajstić information content (AvgIpc) is 2.86. The average molecular weight is 345 g/mol. The minimum Gasteiger partial charge on any atom is -0.321 e. The molecule has 106 valence electrons. The van der Waals surface area contributed by atoms with Gasteiger partial charge in [-0.3, -0.25) is 9.78 Å². The molecule has 0 unspecified atom stereocenters. The van der Waals surface area contributed by atoms with Crippen molar-refractivity contribution in [3.8, 4) is 0 Å². The number of anilines is 1. The third-order valence-electron chi connectivity index (χ3n) is 3.31. The van der Waals surface area contributed by atoms with Crippen LogP contribution in [0.25, 0.3) is 5.52 Å². The molecule has 0 saturated carbocycles. The first-order valence-corrected chi connectivity index (χ1v) is 7.21. The summed E-state index contributed by atoms with van der Waals surface area (Å²) >= 11 is 3.45. The quantitative estimate of drug-likeness (QED) is 0.775. The van der Waals surface area contributed by atoms with Gasteiger partial charge in [0, 0.05) is 22.6 Å². The maximum Gasteiger partial charge on any atom is 0.259 e. The summed E-state index contributed by atoms with van der Waals surface area (Å²) in [6.45, 7) is 3.93. The number of hydrogen-bond acceptors (Lipinski definition) is 3. The maximum atomic E-state index is 12.5. The molecule has 5 nitrogen and oxygen atoms in total. The summed E-state index contributed by atoms with van der Waals surface area (Å²) in [5.41, 5.74) is 4.02. The number of nitrogens with one attached hydrogen (secondary N) is 1. The fourth-order valence-corrected chi connectivity index (χ4v) is 2.98. The standard InChI is InChI=1S/C15H13BrN4O/c1-9-5-11(16)6-10(2)14(9)19-15(21)12-7-18-20-4-3-17-8-13(12)20/h3-8H,1-2H3,(H,19,21). The van der Waals surface area contributed by atoms with Crippen molar-refractivity contribution in [3.05, 3.63) is 58.1 Å². The van der Waals surface area contributed by atoms with Crippen LogP contribution in [0.15, 0.2) is 41.4 Å². The van der Waals surface area contributed by atoms with E-state index in [0.29, 0.717) is 11.1 Å². The Morgan fingerprint density at radius 2 is 1.95 bits per heavy atom. The molecule has 6 heteroatoms. The zero-order valence-corrected chi connectivity index (χ0v) is 13.2. The summed E-state index contributed by atoms with van der Waals surface area (Å²) in [5, 5.41) is 7.11. The molecule has 0 aliphatic heterocycles. The molecule has 0 aliphatic carbocycles. The fourth-order valence-electron chi connectivity index (χ4n) is 2.30. The predicted octanol–water partition coefficient (Wildman–Crippen LogP) is 3.36. The number of carbonyl (C=O) groups is 1. The predicted molar refractivity (Wildman–Crippen MR) is 84.6 cm³/mol. The molecule has 0 fully saturated rings. The first-order chi connectivity index (χ1) is 10.1. The third-order valence-corrected chi connectivity index (χ3v) is 3.76. The number of amides is 1. The molecule has 1 N–H and O–H groups in total. The molecule has 0 radical (unpaired) electrons. The topological polar surface area (TPSA) is 59.3 Å². The molecule has 2 heterocycles. The van der Waals surface area contributed by atoms with Gasteiger partial charge >= 0.3 is 0 Å². The number of carbonyl (C=O) groups excluding carboxylic acids is 1. The summed E-state index contributed by atoms with van der Waals surface area (Å²) in [6, 6.07) is 3.94. The van der Waals surface area contributed by atoms with Crippen molar-refractivity contribution in [2.24, 2.45) is 0 Å². The van der Waals surface area contributed by atoms with Gasteiger partial charge in [0.05, 0.1) is 23.5 Å². The van der Waals surface area contributed by atoms with Crippen molar-refractivity contribution < 1.29 is 4.79 Å². The number of hydrogen-bond donors (Lipinski definition) is 1. The fraction of sp³-hybridized carbons (Fsp3) is 0.133. The molecule has 1 amide bonds. The minimum absolute atomic E-state index is 0.188. The van der Waals surface area contributed by atoms with E-state index in [9.17, 15) is 4.79 Å². The summed E-state index contributed by atoms with van der Waals surface area (Å²) < 4.78 is 2.62. The van der Waals surface area contributed by atoms with Gasteiger partial charge < -0.3 is 5.32 Å². The number of nitrogens with zero attached hydrogens (tertiary/aromatic N) is 3. The highest BCUT2D eigenvalue weighted by atomic mass is 79.9. The molecule has 2 aromatic heterocycles. The summed E-state index contributed by atoms with van der Waals surface area (Å²) in [4.78, 5) is 16.5. The van der Waals surface area contributed by atoms with E-state index in [1.54, 1.807) is 29.3 Å². The Bertz CT molecular complexity index is 818. The van der Waals surface area contributed by atoms with Crippen LogP contribution in [-0.4, -0.2) is 20.5 Å². The van der Waals surface area contributed by atoms with E-state index >= 15 is 0 Å². The molecule has 0 spiro atoms. The van der Waals surface area contributed by atoms with E-state index in [0.717, 1.165) is 21.3 Å². The van der Waals surface area contributed by atoms with Gasteiger partial charge in [-0.15, -0.1) is 0 Å². The van der Waals surface area contributed by atoms with Gasteiger partial charge in [0.25, 0.3) is 5.91 Å². The zero-order valence-electron chi connectivity index (χ0n) is 11.6. The number of aromatic nitrogens is 3. The lowest BCUT2D eigenvalue weighted by molar-refractivity contribution is 0.102. The molecule has 3 rings (SSSR count). The monoisotopic (exact) mass is 344 g/mol. The van der Waals surface area contributed by atoms with E-state index in [2.05, 4.69) is 31.3 Å². The summed E-state index contributed by atoms with van der Waals surface area (Å²) in [7, 11) is 0. The molecule has 0 saturated heterocycles. The van der Waals surface area contributed by atoms with Gasteiger partial charge in [-0.1, -0.05) is 15.9 Å². The van der Waals surface area contributed by atoms with E-state index in [-0.39, 0.29) is 5.91 Å². The second-order valence-electron chi connectivity index (χ2n) is 4.83. The summed E-state index contributed by atoms with van der Waals surface area (Å²) in [6.07, 6.45) is 6.52. The molecule has 0 aliphatic rings. The number of fused-ring (bicyclic) bond motifs is 1. The lowest BCUT2D eigenvalue weighted by Gasteiger charge is -2.11. The van der Waals surface area contributed by atoms with Gasteiger partial charge in [-0.25, -0.2) is 4.52 Å². The maximum absolute atomic E-state index is 12.5. The minimum atomic E-state index is -0.188. The van der Waals surface area contributed by atoms with Gasteiger partial charge in [0.15, 0.2) is 0 Å². The number of benzene rings is 1. The normalized spacial score (nSPS) is 10.8.